The molecule has 0 saturated heterocycles. The number of carbonyl (C=O) groups excluding carboxylic acids is 1. The maximum atomic E-state index is 12.2. The zero-order valence-electron chi connectivity index (χ0n) is 16.1. The Balaban J connectivity index is 1.23. The van der Waals surface area contributed by atoms with Gasteiger partial charge < -0.3 is 10.3 Å². The van der Waals surface area contributed by atoms with Crippen LogP contribution >= 0.6 is 23.1 Å². The third-order valence-corrected chi connectivity index (χ3v) is 6.67. The largest absolute Gasteiger partial charge is 0.361 e. The Hall–Kier alpha value is -3.15. The first-order chi connectivity index (χ1) is 14.7. The smallest absolute Gasteiger partial charge is 0.226 e. The van der Waals surface area contributed by atoms with Gasteiger partial charge in [-0.05, 0) is 42.2 Å². The van der Waals surface area contributed by atoms with Gasteiger partial charge in [0.05, 0.1) is 11.6 Å². The van der Waals surface area contributed by atoms with Gasteiger partial charge in [0.15, 0.2) is 4.34 Å². The van der Waals surface area contributed by atoms with Crippen LogP contribution in [-0.2, 0) is 17.0 Å². The number of carbonyl (C=O) groups is 1. The van der Waals surface area contributed by atoms with Crippen LogP contribution in [0.2, 0.25) is 0 Å². The summed E-state index contributed by atoms with van der Waals surface area (Å²) in [7, 11) is 0. The summed E-state index contributed by atoms with van der Waals surface area (Å²) in [6.45, 7) is 0. The van der Waals surface area contributed by atoms with E-state index in [1.807, 2.05) is 30.5 Å². The van der Waals surface area contributed by atoms with Crippen LogP contribution in [0.3, 0.4) is 0 Å². The van der Waals surface area contributed by atoms with E-state index in [-0.39, 0.29) is 5.91 Å². The molecule has 0 bridgehead atoms. The number of fused-ring (bicyclic) bond motifs is 1. The van der Waals surface area contributed by atoms with Crippen molar-refractivity contribution in [3.63, 3.8) is 0 Å². The average molecular weight is 434 g/mol. The topological polar surface area (TPSA) is 94.5 Å². The number of benzene rings is 2. The van der Waals surface area contributed by atoms with E-state index >= 15 is 0 Å². The number of amides is 1. The number of aromatic amines is 1. The van der Waals surface area contributed by atoms with E-state index in [4.69, 9.17) is 5.26 Å². The number of hydrogen-bond acceptors (Lipinski definition) is 6. The van der Waals surface area contributed by atoms with Crippen LogP contribution in [0.25, 0.3) is 10.9 Å². The fourth-order valence-electron chi connectivity index (χ4n) is 3.10. The van der Waals surface area contributed by atoms with Gasteiger partial charge in [0, 0.05) is 29.3 Å². The first-order valence-corrected chi connectivity index (χ1v) is 11.3. The Bertz CT molecular complexity index is 1190. The number of aromatic nitrogens is 3. The predicted octanol–water partition coefficient (Wildman–Crippen LogP) is 5.14. The fraction of sp³-hybridized carbons (Fsp3) is 0.182. The number of para-hydroxylation sites is 1. The summed E-state index contributed by atoms with van der Waals surface area (Å²) in [6, 6.07) is 17.8. The van der Waals surface area contributed by atoms with E-state index < -0.39 is 0 Å². The molecule has 0 fully saturated rings. The molecule has 0 saturated carbocycles. The number of anilines is 1. The second kappa shape index (κ2) is 9.57. The lowest BCUT2D eigenvalue weighted by atomic mass is 10.1. The van der Waals surface area contributed by atoms with Crippen LogP contribution < -0.4 is 5.32 Å². The molecule has 0 atom stereocenters. The highest BCUT2D eigenvalue weighted by Gasteiger charge is 2.10. The summed E-state index contributed by atoms with van der Waals surface area (Å²) < 4.78 is 0.799. The van der Waals surface area contributed by atoms with Gasteiger partial charge in [-0.25, -0.2) is 0 Å². The summed E-state index contributed by atoms with van der Waals surface area (Å²) in [5, 5.41) is 21.6. The molecule has 0 aliphatic carbocycles. The van der Waals surface area contributed by atoms with Crippen molar-refractivity contribution in [3.8, 4) is 6.07 Å². The van der Waals surface area contributed by atoms with E-state index in [9.17, 15) is 4.79 Å². The van der Waals surface area contributed by atoms with E-state index in [0.717, 1.165) is 34.0 Å². The third kappa shape index (κ3) is 5.06. The molecule has 8 heteroatoms. The Morgan fingerprint density at radius 3 is 2.83 bits per heavy atom. The van der Waals surface area contributed by atoms with E-state index in [0.29, 0.717) is 17.1 Å². The van der Waals surface area contributed by atoms with Crippen molar-refractivity contribution in [3.05, 3.63) is 71.4 Å². The van der Waals surface area contributed by atoms with Crippen molar-refractivity contribution < 1.29 is 4.79 Å². The maximum Gasteiger partial charge on any atom is 0.226 e. The Morgan fingerprint density at radius 1 is 1.17 bits per heavy atom. The lowest BCUT2D eigenvalue weighted by molar-refractivity contribution is -0.116. The zero-order chi connectivity index (χ0) is 20.8. The van der Waals surface area contributed by atoms with E-state index in [2.05, 4.69) is 38.7 Å². The van der Waals surface area contributed by atoms with Gasteiger partial charge >= 0.3 is 0 Å². The molecule has 0 aliphatic heterocycles. The highest BCUT2D eigenvalue weighted by atomic mass is 32.2. The number of nitrogens with zero attached hydrogens (tertiary/aromatic N) is 3. The lowest BCUT2D eigenvalue weighted by Gasteiger charge is -2.01. The first-order valence-electron chi connectivity index (χ1n) is 9.51. The molecule has 30 heavy (non-hydrogen) atoms. The van der Waals surface area contributed by atoms with Crippen LogP contribution in [0.1, 0.15) is 29.5 Å². The van der Waals surface area contributed by atoms with Gasteiger partial charge in [-0.1, -0.05) is 53.4 Å². The van der Waals surface area contributed by atoms with Crippen molar-refractivity contribution in [1.82, 2.24) is 15.2 Å². The summed E-state index contributed by atoms with van der Waals surface area (Å²) in [4.78, 5) is 15.5. The summed E-state index contributed by atoms with van der Waals surface area (Å²) in [6.07, 6.45) is 4.07. The molecular weight excluding hydrogens is 414 g/mol. The number of nitrogens with one attached hydrogen (secondary N) is 2. The lowest BCUT2D eigenvalue weighted by Crippen LogP contribution is -2.11. The molecule has 2 N–H and O–H groups in total. The molecule has 4 aromatic rings. The number of rotatable bonds is 8. The van der Waals surface area contributed by atoms with Crippen molar-refractivity contribution in [2.75, 3.05) is 5.32 Å². The van der Waals surface area contributed by atoms with Crippen molar-refractivity contribution in [1.29, 1.82) is 5.26 Å². The van der Waals surface area contributed by atoms with Gasteiger partial charge in [-0.15, -0.1) is 10.2 Å². The zero-order valence-corrected chi connectivity index (χ0v) is 17.7. The van der Waals surface area contributed by atoms with Crippen molar-refractivity contribution in [2.45, 2.75) is 29.4 Å². The molecule has 0 spiro atoms. The third-order valence-electron chi connectivity index (χ3n) is 4.62. The minimum Gasteiger partial charge on any atom is -0.361 e. The fourth-order valence-corrected chi connectivity index (χ4v) is 4.82. The van der Waals surface area contributed by atoms with Gasteiger partial charge in [0.1, 0.15) is 0 Å². The first kappa shape index (κ1) is 20.1. The molecular formula is C22H19N5OS2. The number of H-pyrrole nitrogens is 1. The Kier molecular flexibility index (Phi) is 6.42. The van der Waals surface area contributed by atoms with Crippen molar-refractivity contribution in [2.24, 2.45) is 0 Å². The Morgan fingerprint density at radius 2 is 2.00 bits per heavy atom. The number of nitriles is 1. The van der Waals surface area contributed by atoms with Crippen molar-refractivity contribution >= 4 is 45.0 Å². The number of aryl methyl sites for hydroxylation is 1. The molecule has 2 aromatic carbocycles. The average Bonchev–Trinajstić information content (AvgIpc) is 3.39. The SMILES string of the molecule is N#Cc1ccc(CSc2nnc(NC(=O)CCCc3c[nH]c4ccccc34)s2)cc1. The molecule has 4 rings (SSSR count). The molecule has 0 aliphatic rings. The monoisotopic (exact) mass is 433 g/mol. The summed E-state index contributed by atoms with van der Waals surface area (Å²) in [5.74, 6) is 0.688. The normalized spacial score (nSPS) is 10.8. The summed E-state index contributed by atoms with van der Waals surface area (Å²) in [5.41, 5.74) is 4.11. The van der Waals surface area contributed by atoms with Crippen LogP contribution in [0.4, 0.5) is 5.13 Å². The minimum atomic E-state index is -0.0466. The van der Waals surface area contributed by atoms with E-state index in [1.165, 1.54) is 22.3 Å². The molecule has 1 amide bonds. The highest BCUT2D eigenvalue weighted by Crippen LogP contribution is 2.28. The second-order valence-electron chi connectivity index (χ2n) is 6.73. The van der Waals surface area contributed by atoms with Gasteiger partial charge in [-0.2, -0.15) is 5.26 Å². The van der Waals surface area contributed by atoms with E-state index in [1.54, 1.807) is 23.9 Å². The highest BCUT2D eigenvalue weighted by molar-refractivity contribution is 8.00. The van der Waals surface area contributed by atoms with Gasteiger partial charge in [0.2, 0.25) is 11.0 Å². The quantitative estimate of drug-likeness (QED) is 0.296. The summed E-state index contributed by atoms with van der Waals surface area (Å²) >= 11 is 2.93. The Labute approximate surface area is 182 Å². The predicted molar refractivity (Wildman–Crippen MR) is 120 cm³/mol. The standard InChI is InChI=1S/C22H19N5OS2/c23-12-15-8-10-16(11-9-15)14-29-22-27-26-21(30-22)25-20(28)7-3-4-17-13-24-19-6-2-1-5-18(17)19/h1-2,5-6,8-11,13,24H,3-4,7,14H2,(H,25,26,28). The molecule has 0 unspecified atom stereocenters. The van der Waals surface area contributed by atoms with Gasteiger partial charge in [-0.3, -0.25) is 4.79 Å². The van der Waals surface area contributed by atoms with Gasteiger partial charge in [0.25, 0.3) is 0 Å². The van der Waals surface area contributed by atoms with Crippen LogP contribution in [0, 0.1) is 11.3 Å². The molecule has 2 aromatic heterocycles. The van der Waals surface area contributed by atoms with Crippen LogP contribution in [0.15, 0.2) is 59.1 Å². The number of thioether (sulfide) groups is 1. The minimum absolute atomic E-state index is 0.0466. The number of hydrogen-bond donors (Lipinski definition) is 2. The van der Waals surface area contributed by atoms with Crippen LogP contribution in [-0.4, -0.2) is 21.1 Å². The second-order valence-corrected chi connectivity index (χ2v) is 8.93. The van der Waals surface area contributed by atoms with Crippen LogP contribution in [0.5, 0.6) is 0 Å². The molecule has 2 heterocycles. The molecule has 0 radical (unpaired) electrons. The maximum absolute atomic E-state index is 12.2. The molecule has 6 nitrogen and oxygen atoms in total. The molecule has 150 valence electrons.